The third kappa shape index (κ3) is 8.14. The topological polar surface area (TPSA) is 129 Å². The minimum absolute atomic E-state index is 0.0689. The van der Waals surface area contributed by atoms with Crippen molar-refractivity contribution in [1.82, 2.24) is 14.5 Å². The number of amides is 2. The van der Waals surface area contributed by atoms with Crippen LogP contribution in [0.25, 0.3) is 0 Å². The van der Waals surface area contributed by atoms with Crippen molar-refractivity contribution in [3.05, 3.63) is 70.3 Å². The van der Waals surface area contributed by atoms with E-state index < -0.39 is 45.2 Å². The second kappa shape index (κ2) is 15.0. The molecule has 1 saturated carbocycles. The fraction of sp³-hybridized carbons (Fsp3) is 0.590. The lowest BCUT2D eigenvalue weighted by molar-refractivity contribution is -0.148. The molecule has 2 aliphatic carbocycles. The number of likely N-dealkylation sites (tertiary alicyclic amines) is 1. The predicted octanol–water partition coefficient (Wildman–Crippen LogP) is 4.25. The molecule has 3 heterocycles. The number of rotatable bonds is 6. The molecule has 15 heteroatoms. The van der Waals surface area contributed by atoms with Gasteiger partial charge in [0, 0.05) is 43.7 Å². The summed E-state index contributed by atoms with van der Waals surface area (Å²) in [6, 6.07) is 10.9. The maximum Gasteiger partial charge on any atom is 0.272 e. The first-order valence-corrected chi connectivity index (χ1v) is 21.0. The number of halogens is 3. The van der Waals surface area contributed by atoms with Gasteiger partial charge in [-0.3, -0.25) is 19.2 Å². The first-order valence-electron chi connectivity index (χ1n) is 18.7. The zero-order chi connectivity index (χ0) is 38.5. The first kappa shape index (κ1) is 39.0. The SMILES string of the molecule is CN1CC/C=C/[C@H](OCCN2CC(F)(F)C2)[C@@H]2CC[C@H]2CN2C[C@@]3(CCCc4cc(Cl)ccc43)COc3ccc(cc32)[C@@](O)(C(=O)NS(C)(=O)=O)CC1=O. The summed E-state index contributed by atoms with van der Waals surface area (Å²) in [5.74, 6) is -3.57. The van der Waals surface area contributed by atoms with E-state index in [0.717, 1.165) is 38.4 Å². The van der Waals surface area contributed by atoms with Gasteiger partial charge in [-0.2, -0.15) is 0 Å². The molecule has 11 nitrogen and oxygen atoms in total. The van der Waals surface area contributed by atoms with Gasteiger partial charge in [0.1, 0.15) is 5.75 Å². The molecule has 0 aromatic heterocycles. The Labute approximate surface area is 320 Å². The fourth-order valence-electron chi connectivity index (χ4n) is 8.86. The van der Waals surface area contributed by atoms with Crippen LogP contribution in [0.2, 0.25) is 5.02 Å². The second-order valence-corrected chi connectivity index (χ2v) is 18.1. The van der Waals surface area contributed by atoms with Crippen LogP contribution in [0.3, 0.4) is 0 Å². The molecule has 5 atom stereocenters. The maximum absolute atomic E-state index is 13.7. The smallest absolute Gasteiger partial charge is 0.272 e. The van der Waals surface area contributed by atoms with Gasteiger partial charge in [-0.25, -0.2) is 17.2 Å². The van der Waals surface area contributed by atoms with Gasteiger partial charge < -0.3 is 24.4 Å². The monoisotopic (exact) mass is 790 g/mol. The third-order valence-corrected chi connectivity index (χ3v) is 12.7. The predicted molar refractivity (Wildman–Crippen MR) is 200 cm³/mol. The molecule has 54 heavy (non-hydrogen) atoms. The van der Waals surface area contributed by atoms with Crippen molar-refractivity contribution >= 4 is 39.1 Å². The number of aliphatic hydroxyl groups is 1. The molecule has 2 aromatic rings. The Morgan fingerprint density at radius 2 is 1.94 bits per heavy atom. The van der Waals surface area contributed by atoms with E-state index in [9.17, 15) is 31.9 Å². The lowest BCUT2D eigenvalue weighted by Crippen LogP contribution is -2.57. The Balaban J connectivity index is 1.27. The van der Waals surface area contributed by atoms with E-state index in [1.807, 2.05) is 29.0 Å². The van der Waals surface area contributed by atoms with Crippen LogP contribution in [-0.2, 0) is 41.8 Å². The van der Waals surface area contributed by atoms with Gasteiger partial charge in [0.05, 0.1) is 50.8 Å². The Morgan fingerprint density at radius 1 is 1.15 bits per heavy atom. The molecule has 294 valence electrons. The number of aryl methyl sites for hydroxylation is 1. The van der Waals surface area contributed by atoms with Gasteiger partial charge in [-0.05, 0) is 91.3 Å². The summed E-state index contributed by atoms with van der Waals surface area (Å²) in [4.78, 5) is 32.6. The molecule has 2 fully saturated rings. The summed E-state index contributed by atoms with van der Waals surface area (Å²) in [6.07, 6.45) is 8.82. The van der Waals surface area contributed by atoms with Crippen LogP contribution in [0, 0.1) is 11.8 Å². The third-order valence-electron chi connectivity index (χ3n) is 11.9. The number of fused-ring (bicyclic) bond motifs is 4. The number of hydrogen-bond acceptors (Lipinski definition) is 9. The molecular weight excluding hydrogens is 742 g/mol. The van der Waals surface area contributed by atoms with Gasteiger partial charge in [0.25, 0.3) is 11.8 Å². The van der Waals surface area contributed by atoms with Crippen molar-refractivity contribution in [3.8, 4) is 5.75 Å². The second-order valence-electron chi connectivity index (χ2n) is 16.0. The normalized spacial score (nSPS) is 30.6. The Hall–Kier alpha value is -3.30. The van der Waals surface area contributed by atoms with E-state index in [1.54, 1.807) is 24.1 Å². The van der Waals surface area contributed by atoms with E-state index in [-0.39, 0.29) is 43.1 Å². The number of sulfonamides is 1. The standard InChI is InChI=1S/C39H49ClF2N4O7S/c1-44-15-4-3-7-33(52-17-16-45-23-38(41,42)24-45)30-11-8-27(30)21-46-22-37(14-5-6-26-18-29(40)10-12-31(26)37)25-53-34-13-9-28(19-32(34)46)39(49,20-35(44)47)36(48)43-54(2,50)51/h3,7,9-10,12-13,18-19,27,30,33,49H,4-6,8,11,14-17,20-25H2,1-2H3,(H,43,48)/b7-3+/t27-,30+,33-,37-,39+/m0/s1. The number of anilines is 1. The number of nitrogens with zero attached hydrogens (tertiary/aromatic N) is 3. The van der Waals surface area contributed by atoms with E-state index in [1.165, 1.54) is 22.1 Å². The molecule has 2 N–H and O–H groups in total. The fourth-order valence-corrected chi connectivity index (χ4v) is 9.56. The van der Waals surface area contributed by atoms with Crippen molar-refractivity contribution in [2.45, 2.75) is 68.0 Å². The van der Waals surface area contributed by atoms with Gasteiger partial charge in [0.2, 0.25) is 15.9 Å². The molecule has 3 aliphatic heterocycles. The van der Waals surface area contributed by atoms with Crippen molar-refractivity contribution < 1.29 is 41.4 Å². The van der Waals surface area contributed by atoms with Crippen molar-refractivity contribution in [2.75, 3.05) is 70.7 Å². The molecule has 2 aromatic carbocycles. The Kier molecular flexibility index (Phi) is 10.8. The minimum Gasteiger partial charge on any atom is -0.490 e. The highest BCUT2D eigenvalue weighted by Gasteiger charge is 2.47. The summed E-state index contributed by atoms with van der Waals surface area (Å²) in [5, 5.41) is 12.8. The quantitative estimate of drug-likeness (QED) is 0.413. The average molecular weight is 791 g/mol. The summed E-state index contributed by atoms with van der Waals surface area (Å²) in [7, 11) is -2.52. The zero-order valence-corrected chi connectivity index (χ0v) is 32.3. The zero-order valence-electron chi connectivity index (χ0n) is 30.7. The maximum atomic E-state index is 13.7. The summed E-state index contributed by atoms with van der Waals surface area (Å²) < 4.78 is 66.5. The van der Waals surface area contributed by atoms with Gasteiger partial charge >= 0.3 is 0 Å². The number of benzene rings is 2. The molecule has 1 saturated heterocycles. The molecular formula is C39H49ClF2N4O7S. The Morgan fingerprint density at radius 3 is 2.67 bits per heavy atom. The van der Waals surface area contributed by atoms with Crippen molar-refractivity contribution in [1.29, 1.82) is 0 Å². The molecule has 2 amide bonds. The first-order chi connectivity index (χ1) is 25.5. The largest absolute Gasteiger partial charge is 0.490 e. The van der Waals surface area contributed by atoms with Crippen LogP contribution in [-0.4, -0.2) is 113 Å². The van der Waals surface area contributed by atoms with Crippen LogP contribution in [0.1, 0.15) is 55.2 Å². The lowest BCUT2D eigenvalue weighted by atomic mass is 9.68. The molecule has 5 aliphatic rings. The summed E-state index contributed by atoms with van der Waals surface area (Å²) in [6.45, 7) is 2.00. The van der Waals surface area contributed by atoms with Crippen molar-refractivity contribution in [3.63, 3.8) is 0 Å². The molecule has 7 rings (SSSR count). The van der Waals surface area contributed by atoms with E-state index in [2.05, 4.69) is 11.0 Å². The average Bonchev–Trinajstić information content (AvgIpc) is 3.22. The Bertz CT molecular complexity index is 1910. The van der Waals surface area contributed by atoms with E-state index in [0.29, 0.717) is 55.7 Å². The number of ether oxygens (including phenoxy) is 2. The highest BCUT2D eigenvalue weighted by atomic mass is 35.5. The van der Waals surface area contributed by atoms with Gasteiger partial charge in [-0.1, -0.05) is 35.9 Å². The highest BCUT2D eigenvalue weighted by molar-refractivity contribution is 7.89. The number of carbonyl (C=O) groups is 2. The van der Waals surface area contributed by atoms with Gasteiger partial charge in [0.15, 0.2) is 5.60 Å². The summed E-state index contributed by atoms with van der Waals surface area (Å²) >= 11 is 6.45. The molecule has 0 unspecified atom stereocenters. The van der Waals surface area contributed by atoms with Gasteiger partial charge in [-0.15, -0.1) is 0 Å². The van der Waals surface area contributed by atoms with Crippen LogP contribution < -0.4 is 14.4 Å². The molecule has 0 radical (unpaired) electrons. The van der Waals surface area contributed by atoms with Crippen LogP contribution in [0.5, 0.6) is 5.75 Å². The number of alkyl halides is 2. The van der Waals surface area contributed by atoms with Crippen LogP contribution >= 0.6 is 11.6 Å². The van der Waals surface area contributed by atoms with E-state index >= 15 is 0 Å². The highest BCUT2D eigenvalue weighted by Crippen LogP contribution is 2.48. The van der Waals surface area contributed by atoms with Crippen molar-refractivity contribution in [2.24, 2.45) is 11.8 Å². The number of hydrogen-bond donors (Lipinski definition) is 2. The number of nitrogens with one attached hydrogen (secondary N) is 1. The number of carbonyl (C=O) groups excluding carboxylic acids is 2. The van der Waals surface area contributed by atoms with Crippen LogP contribution in [0.15, 0.2) is 48.6 Å². The lowest BCUT2D eigenvalue weighted by Gasteiger charge is -2.46. The van der Waals surface area contributed by atoms with Crippen LogP contribution in [0.4, 0.5) is 14.5 Å². The molecule has 2 bridgehead atoms. The molecule has 1 spiro atoms. The minimum atomic E-state index is -4.09. The summed E-state index contributed by atoms with van der Waals surface area (Å²) in [5.41, 5.74) is 0.115. The van der Waals surface area contributed by atoms with E-state index in [4.69, 9.17) is 21.1 Å².